The molecule has 1 fully saturated rings. The Bertz CT molecular complexity index is 845. The fraction of sp³-hybridized carbons (Fsp3) is 0.571. The second-order valence-electron chi connectivity index (χ2n) is 8.50. The highest BCUT2D eigenvalue weighted by atomic mass is 32.2. The van der Waals surface area contributed by atoms with Crippen LogP contribution in [0.4, 0.5) is 0 Å². The highest BCUT2D eigenvalue weighted by molar-refractivity contribution is 7.89. The molecular weight excluding hydrogens is 358 g/mol. The van der Waals surface area contributed by atoms with Gasteiger partial charge in [0.1, 0.15) is 4.90 Å². The maximum Gasteiger partial charge on any atom is 0.243 e. The standard InChI is InChI=1S/C21H31N3O2S/c1-21(2,3)20-19(16-24(23-20)18-13-7-8-14-18)27(25,26)22-15-9-12-17-10-5-4-6-11-17/h4-6,10-11,16,18,22H,7-9,12-15H2,1-3H3. The minimum Gasteiger partial charge on any atom is -0.268 e. The summed E-state index contributed by atoms with van der Waals surface area (Å²) in [6.45, 7) is 6.48. The Balaban J connectivity index is 1.72. The van der Waals surface area contributed by atoms with Crippen LogP contribution < -0.4 is 4.72 Å². The zero-order valence-corrected chi connectivity index (χ0v) is 17.4. The van der Waals surface area contributed by atoms with E-state index in [9.17, 15) is 8.42 Å². The summed E-state index contributed by atoms with van der Waals surface area (Å²) < 4.78 is 30.6. The number of rotatable bonds is 7. The monoisotopic (exact) mass is 389 g/mol. The third kappa shape index (κ3) is 4.99. The molecular formula is C21H31N3O2S. The Morgan fingerprint density at radius 3 is 2.44 bits per heavy atom. The van der Waals surface area contributed by atoms with Gasteiger partial charge in [-0.2, -0.15) is 5.10 Å². The smallest absolute Gasteiger partial charge is 0.243 e. The lowest BCUT2D eigenvalue weighted by atomic mass is 9.92. The largest absolute Gasteiger partial charge is 0.268 e. The van der Waals surface area contributed by atoms with Gasteiger partial charge < -0.3 is 0 Å². The molecule has 6 heteroatoms. The van der Waals surface area contributed by atoms with Gasteiger partial charge >= 0.3 is 0 Å². The van der Waals surface area contributed by atoms with E-state index in [4.69, 9.17) is 5.10 Å². The minimum atomic E-state index is -3.57. The summed E-state index contributed by atoms with van der Waals surface area (Å²) in [5.41, 5.74) is 1.56. The van der Waals surface area contributed by atoms with Crippen LogP contribution in [0.5, 0.6) is 0 Å². The molecule has 0 bridgehead atoms. The Hall–Kier alpha value is -1.66. The predicted octanol–water partition coefficient (Wildman–Crippen LogP) is 4.21. The van der Waals surface area contributed by atoms with E-state index in [1.165, 1.54) is 18.4 Å². The molecule has 0 radical (unpaired) electrons. The normalized spacial score (nSPS) is 16.1. The van der Waals surface area contributed by atoms with Crippen LogP contribution in [0.25, 0.3) is 0 Å². The number of hydrogen-bond acceptors (Lipinski definition) is 3. The first kappa shape index (κ1) is 20.1. The zero-order chi connectivity index (χ0) is 19.5. The fourth-order valence-electron chi connectivity index (χ4n) is 3.67. The maximum absolute atomic E-state index is 13.0. The molecule has 1 aliphatic carbocycles. The summed E-state index contributed by atoms with van der Waals surface area (Å²) in [7, 11) is -3.57. The van der Waals surface area contributed by atoms with Gasteiger partial charge in [0.25, 0.3) is 0 Å². The van der Waals surface area contributed by atoms with Gasteiger partial charge in [0.05, 0.1) is 11.7 Å². The molecule has 2 aromatic rings. The molecule has 1 N–H and O–H groups in total. The fourth-order valence-corrected chi connectivity index (χ4v) is 5.09. The van der Waals surface area contributed by atoms with Crippen molar-refractivity contribution in [1.82, 2.24) is 14.5 Å². The SMILES string of the molecule is CC(C)(C)c1nn(C2CCCC2)cc1S(=O)(=O)NCCCc1ccccc1. The summed E-state index contributed by atoms with van der Waals surface area (Å²) in [6, 6.07) is 10.5. The van der Waals surface area contributed by atoms with Gasteiger partial charge in [-0.3, -0.25) is 4.68 Å². The first-order valence-corrected chi connectivity index (χ1v) is 11.4. The predicted molar refractivity (Wildman–Crippen MR) is 108 cm³/mol. The lowest BCUT2D eigenvalue weighted by Gasteiger charge is -2.18. The molecule has 0 spiro atoms. The van der Waals surface area contributed by atoms with Gasteiger partial charge in [0.15, 0.2) is 0 Å². The van der Waals surface area contributed by atoms with Crippen molar-refractivity contribution in [2.24, 2.45) is 0 Å². The third-order valence-corrected chi connectivity index (χ3v) is 6.64. The molecule has 5 nitrogen and oxygen atoms in total. The topological polar surface area (TPSA) is 64.0 Å². The summed E-state index contributed by atoms with van der Waals surface area (Å²) in [5, 5.41) is 4.70. The van der Waals surface area contributed by atoms with E-state index in [1.54, 1.807) is 6.20 Å². The minimum absolute atomic E-state index is 0.321. The average Bonchev–Trinajstić information content (AvgIpc) is 3.28. The first-order valence-electron chi connectivity index (χ1n) is 9.90. The van der Waals surface area contributed by atoms with E-state index < -0.39 is 10.0 Å². The van der Waals surface area contributed by atoms with Crippen LogP contribution in [0.3, 0.4) is 0 Å². The molecule has 1 aliphatic rings. The highest BCUT2D eigenvalue weighted by Gasteiger charge is 2.31. The molecule has 0 aliphatic heterocycles. The van der Waals surface area contributed by atoms with Crippen molar-refractivity contribution in [3.63, 3.8) is 0 Å². The second kappa shape index (κ2) is 8.15. The van der Waals surface area contributed by atoms with E-state index in [0.717, 1.165) is 25.7 Å². The number of hydrogen-bond donors (Lipinski definition) is 1. The van der Waals surface area contributed by atoms with Crippen molar-refractivity contribution in [1.29, 1.82) is 0 Å². The van der Waals surface area contributed by atoms with E-state index in [1.807, 2.05) is 43.7 Å². The molecule has 1 aromatic carbocycles. The molecule has 1 heterocycles. The summed E-state index contributed by atoms with van der Waals surface area (Å²) in [5.74, 6) is 0. The zero-order valence-electron chi connectivity index (χ0n) is 16.6. The van der Waals surface area contributed by atoms with Gasteiger partial charge in [-0.1, -0.05) is 63.9 Å². The van der Waals surface area contributed by atoms with E-state index in [0.29, 0.717) is 23.2 Å². The Morgan fingerprint density at radius 2 is 1.81 bits per heavy atom. The van der Waals surface area contributed by atoms with Crippen molar-refractivity contribution in [2.45, 2.75) is 75.6 Å². The molecule has 0 atom stereocenters. The van der Waals surface area contributed by atoms with Crippen LogP contribution in [0.1, 0.15) is 70.2 Å². The Morgan fingerprint density at radius 1 is 1.15 bits per heavy atom. The number of sulfonamides is 1. The molecule has 1 saturated carbocycles. The van der Waals surface area contributed by atoms with Crippen molar-refractivity contribution < 1.29 is 8.42 Å². The summed E-state index contributed by atoms with van der Waals surface area (Å²) in [4.78, 5) is 0.335. The van der Waals surface area contributed by atoms with Crippen LogP contribution in [-0.2, 0) is 21.9 Å². The van der Waals surface area contributed by atoms with Gasteiger partial charge in [0, 0.05) is 18.2 Å². The number of nitrogens with zero attached hydrogens (tertiary/aromatic N) is 2. The molecule has 3 rings (SSSR count). The molecule has 148 valence electrons. The van der Waals surface area contributed by atoms with Gasteiger partial charge in [-0.15, -0.1) is 0 Å². The average molecular weight is 390 g/mol. The van der Waals surface area contributed by atoms with Crippen molar-refractivity contribution in [2.75, 3.05) is 6.54 Å². The van der Waals surface area contributed by atoms with Crippen LogP contribution in [0, 0.1) is 0 Å². The van der Waals surface area contributed by atoms with Crippen molar-refractivity contribution in [3.8, 4) is 0 Å². The maximum atomic E-state index is 13.0. The Labute approximate surface area is 163 Å². The van der Waals surface area contributed by atoms with Crippen molar-refractivity contribution >= 4 is 10.0 Å². The number of aryl methyl sites for hydroxylation is 1. The molecule has 27 heavy (non-hydrogen) atoms. The van der Waals surface area contributed by atoms with E-state index in [2.05, 4.69) is 16.9 Å². The lowest BCUT2D eigenvalue weighted by molar-refractivity contribution is 0.448. The first-order chi connectivity index (χ1) is 12.8. The second-order valence-corrected chi connectivity index (χ2v) is 10.2. The van der Waals surface area contributed by atoms with Crippen LogP contribution in [-0.4, -0.2) is 24.7 Å². The summed E-state index contributed by atoms with van der Waals surface area (Å²) >= 11 is 0. The van der Waals surface area contributed by atoms with Gasteiger partial charge in [0.2, 0.25) is 10.0 Å². The lowest BCUT2D eigenvalue weighted by Crippen LogP contribution is -2.27. The van der Waals surface area contributed by atoms with Gasteiger partial charge in [-0.25, -0.2) is 13.1 Å². The molecule has 0 saturated heterocycles. The Kier molecular flexibility index (Phi) is 6.06. The van der Waals surface area contributed by atoms with Crippen LogP contribution in [0.15, 0.2) is 41.4 Å². The van der Waals surface area contributed by atoms with Crippen molar-refractivity contribution in [3.05, 3.63) is 47.8 Å². The number of benzene rings is 1. The van der Waals surface area contributed by atoms with Crippen LogP contribution >= 0.6 is 0 Å². The van der Waals surface area contributed by atoms with E-state index in [-0.39, 0.29) is 5.41 Å². The quantitative estimate of drug-likeness (QED) is 0.722. The van der Waals surface area contributed by atoms with Crippen LogP contribution in [0.2, 0.25) is 0 Å². The van der Waals surface area contributed by atoms with E-state index >= 15 is 0 Å². The van der Waals surface area contributed by atoms with Gasteiger partial charge in [-0.05, 0) is 31.2 Å². The molecule has 1 aromatic heterocycles. The highest BCUT2D eigenvalue weighted by Crippen LogP contribution is 2.33. The molecule has 0 amide bonds. The third-order valence-electron chi connectivity index (χ3n) is 5.17. The number of nitrogens with one attached hydrogen (secondary N) is 1. The molecule has 0 unspecified atom stereocenters. The summed E-state index contributed by atoms with van der Waals surface area (Å²) in [6.07, 6.45) is 7.91. The number of aromatic nitrogens is 2.